The van der Waals surface area contributed by atoms with E-state index in [9.17, 15) is 9.18 Å². The first-order valence-electron chi connectivity index (χ1n) is 10.2. The smallest absolute Gasteiger partial charge is 0.310 e. The van der Waals surface area contributed by atoms with Gasteiger partial charge in [-0.1, -0.05) is 12.1 Å². The maximum Gasteiger partial charge on any atom is 0.310 e. The fourth-order valence-electron chi connectivity index (χ4n) is 7.39. The van der Waals surface area contributed by atoms with Crippen molar-refractivity contribution in [3.63, 3.8) is 0 Å². The largest absolute Gasteiger partial charge is 0.466 e. The van der Waals surface area contributed by atoms with Crippen molar-refractivity contribution >= 4 is 5.97 Å². The quantitative estimate of drug-likeness (QED) is 0.812. The van der Waals surface area contributed by atoms with Crippen LogP contribution >= 0.6 is 0 Å². The highest BCUT2D eigenvalue weighted by molar-refractivity contribution is 5.75. The minimum absolute atomic E-state index is 0.00183. The Balaban J connectivity index is 1.42. The molecule has 5 unspecified atom stereocenters. The number of hydrogen-bond acceptors (Lipinski definition) is 3. The molecule has 4 heteroatoms. The van der Waals surface area contributed by atoms with Gasteiger partial charge in [0.2, 0.25) is 0 Å². The van der Waals surface area contributed by atoms with Gasteiger partial charge in [0.1, 0.15) is 5.82 Å². The molecule has 4 fully saturated rings. The molecule has 3 bridgehead atoms. The molecule has 26 heavy (non-hydrogen) atoms. The van der Waals surface area contributed by atoms with Crippen LogP contribution in [-0.4, -0.2) is 18.6 Å². The summed E-state index contributed by atoms with van der Waals surface area (Å²) in [6.45, 7) is 3.04. The minimum Gasteiger partial charge on any atom is -0.466 e. The van der Waals surface area contributed by atoms with Gasteiger partial charge in [0.15, 0.2) is 0 Å². The maximum atomic E-state index is 13.2. The molecule has 0 amide bonds. The van der Waals surface area contributed by atoms with Crippen LogP contribution in [0.4, 0.5) is 4.39 Å². The van der Waals surface area contributed by atoms with Gasteiger partial charge in [-0.3, -0.25) is 4.79 Å². The summed E-state index contributed by atoms with van der Waals surface area (Å²) in [7, 11) is 0. The molecule has 140 valence electrons. The molecule has 1 aromatic carbocycles. The van der Waals surface area contributed by atoms with Gasteiger partial charge in [-0.05, 0) is 85.8 Å². The molecule has 1 N–H and O–H groups in total. The Morgan fingerprint density at radius 3 is 2.54 bits per heavy atom. The lowest BCUT2D eigenvalue weighted by Gasteiger charge is -2.33. The number of benzene rings is 1. The van der Waals surface area contributed by atoms with Crippen molar-refractivity contribution in [3.8, 4) is 0 Å². The number of hydrogen-bond donors (Lipinski definition) is 1. The number of esters is 1. The molecule has 3 nitrogen and oxygen atoms in total. The normalized spacial score (nSPS) is 42.2. The van der Waals surface area contributed by atoms with Crippen LogP contribution in [0.25, 0.3) is 0 Å². The highest BCUT2D eigenvalue weighted by Gasteiger charge is 2.70. The van der Waals surface area contributed by atoms with Crippen LogP contribution in [-0.2, 0) is 16.1 Å². The Morgan fingerprint density at radius 1 is 1.15 bits per heavy atom. The van der Waals surface area contributed by atoms with Crippen LogP contribution in [0.1, 0.15) is 44.6 Å². The number of rotatable bonds is 5. The number of halogens is 1. The van der Waals surface area contributed by atoms with Crippen molar-refractivity contribution in [1.82, 2.24) is 5.32 Å². The second kappa shape index (κ2) is 6.05. The Morgan fingerprint density at radius 2 is 1.85 bits per heavy atom. The van der Waals surface area contributed by atoms with E-state index in [4.69, 9.17) is 4.74 Å². The van der Waals surface area contributed by atoms with Gasteiger partial charge in [-0.25, -0.2) is 4.39 Å². The van der Waals surface area contributed by atoms with Crippen LogP contribution in [0, 0.1) is 40.8 Å². The van der Waals surface area contributed by atoms with Gasteiger partial charge in [0.05, 0.1) is 12.5 Å². The van der Waals surface area contributed by atoms with Crippen molar-refractivity contribution in [2.45, 2.75) is 51.6 Å². The highest BCUT2D eigenvalue weighted by atomic mass is 19.1. The van der Waals surface area contributed by atoms with Crippen LogP contribution in [0.2, 0.25) is 0 Å². The zero-order valence-electron chi connectivity index (χ0n) is 15.4. The van der Waals surface area contributed by atoms with E-state index in [-0.39, 0.29) is 23.7 Å². The summed E-state index contributed by atoms with van der Waals surface area (Å²) in [5.41, 5.74) is 1.45. The van der Waals surface area contributed by atoms with Crippen LogP contribution in [0.5, 0.6) is 0 Å². The van der Waals surface area contributed by atoms with Crippen molar-refractivity contribution in [3.05, 3.63) is 35.6 Å². The monoisotopic (exact) mass is 357 g/mol. The fraction of sp³-hybridized carbons (Fsp3) is 0.682. The number of ether oxygens (including phenoxy) is 1. The molecule has 0 aromatic heterocycles. The maximum absolute atomic E-state index is 13.2. The summed E-state index contributed by atoms with van der Waals surface area (Å²) in [6.07, 6.45) is 6.50. The molecule has 0 saturated heterocycles. The average Bonchev–Trinajstić information content (AvgIpc) is 3.14. The second-order valence-electron chi connectivity index (χ2n) is 9.10. The summed E-state index contributed by atoms with van der Waals surface area (Å²) in [5.74, 6) is 2.57. The van der Waals surface area contributed by atoms with Crippen molar-refractivity contribution in [2.24, 2.45) is 35.0 Å². The second-order valence-corrected chi connectivity index (χ2v) is 9.10. The standard InChI is InChI=1S/C22H28FNO2/c1-2-26-21(25)19-17-8-14-7-15-9-18(22(17,10-14)11-15)20(19)24-12-13-3-5-16(23)6-4-13/h3-6,14-15,17-20,24H,2,7-12H2,1H3/t14?,15?,17?,18?,19-,20+,22?/m1/s1. The summed E-state index contributed by atoms with van der Waals surface area (Å²) in [5, 5.41) is 3.72. The molecule has 5 rings (SSSR count). The number of carbonyl (C=O) groups is 1. The third-order valence-corrected chi connectivity index (χ3v) is 7.92. The molecule has 4 aliphatic rings. The van der Waals surface area contributed by atoms with Gasteiger partial charge in [0.25, 0.3) is 0 Å². The molecule has 0 aliphatic heterocycles. The van der Waals surface area contributed by atoms with Crippen molar-refractivity contribution in [2.75, 3.05) is 6.61 Å². The molecule has 4 saturated carbocycles. The van der Waals surface area contributed by atoms with Gasteiger partial charge in [-0.15, -0.1) is 0 Å². The molecular formula is C22H28FNO2. The zero-order chi connectivity index (χ0) is 17.9. The number of carbonyl (C=O) groups excluding carboxylic acids is 1. The molecular weight excluding hydrogens is 329 g/mol. The first kappa shape index (κ1) is 16.7. The predicted octanol–water partition coefficient (Wildman–Crippen LogP) is 3.92. The van der Waals surface area contributed by atoms with Crippen LogP contribution in [0.3, 0.4) is 0 Å². The summed E-state index contributed by atoms with van der Waals surface area (Å²) >= 11 is 0. The van der Waals surface area contributed by atoms with E-state index < -0.39 is 0 Å². The van der Waals surface area contributed by atoms with E-state index in [1.807, 2.05) is 19.1 Å². The molecule has 1 aromatic rings. The van der Waals surface area contributed by atoms with Crippen molar-refractivity contribution < 1.29 is 13.9 Å². The molecule has 0 radical (unpaired) electrons. The van der Waals surface area contributed by atoms with Crippen molar-refractivity contribution in [1.29, 1.82) is 0 Å². The van der Waals surface area contributed by atoms with Gasteiger partial charge < -0.3 is 10.1 Å². The number of fused-ring (bicyclic) bond motifs is 2. The molecule has 0 heterocycles. The Labute approximate surface area is 154 Å². The lowest BCUT2D eigenvalue weighted by molar-refractivity contribution is -0.150. The Hall–Kier alpha value is -1.42. The molecule has 7 atom stereocenters. The topological polar surface area (TPSA) is 38.3 Å². The minimum atomic E-state index is -0.205. The summed E-state index contributed by atoms with van der Waals surface area (Å²) in [6, 6.07) is 6.88. The average molecular weight is 357 g/mol. The fourth-order valence-corrected chi connectivity index (χ4v) is 7.39. The lowest BCUT2D eigenvalue weighted by Crippen LogP contribution is -2.42. The van der Waals surface area contributed by atoms with Gasteiger partial charge in [0, 0.05) is 12.6 Å². The Bertz CT molecular complexity index is 701. The summed E-state index contributed by atoms with van der Waals surface area (Å²) in [4.78, 5) is 12.9. The summed E-state index contributed by atoms with van der Waals surface area (Å²) < 4.78 is 18.7. The molecule has 1 spiro atoms. The van der Waals surface area contributed by atoms with E-state index in [0.29, 0.717) is 30.4 Å². The van der Waals surface area contributed by atoms with E-state index in [1.165, 1.54) is 44.2 Å². The highest BCUT2D eigenvalue weighted by Crippen LogP contribution is 2.73. The zero-order valence-corrected chi connectivity index (χ0v) is 15.4. The SMILES string of the molecule is CCOC(=O)[C@@H]1C2CC3CC4CC([C@@H]1NCc1ccc(F)cc1)C2(C3)C4. The van der Waals surface area contributed by atoms with E-state index in [0.717, 1.165) is 17.4 Å². The first-order chi connectivity index (χ1) is 12.6. The van der Waals surface area contributed by atoms with Gasteiger partial charge in [-0.2, -0.15) is 0 Å². The third kappa shape index (κ3) is 2.37. The van der Waals surface area contributed by atoms with Crippen LogP contribution < -0.4 is 5.32 Å². The van der Waals surface area contributed by atoms with Gasteiger partial charge >= 0.3 is 5.97 Å². The molecule has 4 aliphatic carbocycles. The predicted molar refractivity (Wildman–Crippen MR) is 96.6 cm³/mol. The van der Waals surface area contributed by atoms with E-state index >= 15 is 0 Å². The first-order valence-corrected chi connectivity index (χ1v) is 10.2. The van der Waals surface area contributed by atoms with Crippen LogP contribution in [0.15, 0.2) is 24.3 Å². The Kier molecular flexibility index (Phi) is 3.89. The lowest BCUT2D eigenvalue weighted by atomic mass is 9.72. The number of nitrogens with one attached hydrogen (secondary N) is 1. The van der Waals surface area contributed by atoms with E-state index in [1.54, 1.807) is 0 Å². The third-order valence-electron chi connectivity index (χ3n) is 7.92. The van der Waals surface area contributed by atoms with E-state index in [2.05, 4.69) is 5.32 Å².